The Morgan fingerprint density at radius 3 is 2.53 bits per heavy atom. The number of nitrogens with one attached hydrogen (secondary N) is 2. The summed E-state index contributed by atoms with van der Waals surface area (Å²) in [6.45, 7) is 3.68. The van der Waals surface area contributed by atoms with Gasteiger partial charge in [-0.25, -0.2) is 5.43 Å². The van der Waals surface area contributed by atoms with Crippen molar-refractivity contribution in [2.24, 2.45) is 5.10 Å². The largest absolute Gasteiger partial charge is 0.493 e. The van der Waals surface area contributed by atoms with Gasteiger partial charge in [-0.15, -0.1) is 11.3 Å². The number of carbonyl (C=O) groups is 2. The first kappa shape index (κ1) is 21.3. The number of aryl methyl sites for hydroxylation is 1. The number of fused-ring (bicyclic) bond motifs is 1. The van der Waals surface area contributed by atoms with Crippen LogP contribution in [0.4, 0.5) is 0 Å². The summed E-state index contributed by atoms with van der Waals surface area (Å²) in [5.74, 6) is 0.146. The summed E-state index contributed by atoms with van der Waals surface area (Å²) in [4.78, 5) is 25.6. The Balaban J connectivity index is 1.62. The predicted octanol–water partition coefficient (Wildman–Crippen LogP) is 3.50. The van der Waals surface area contributed by atoms with E-state index in [0.717, 1.165) is 15.8 Å². The quantitative estimate of drug-likeness (QED) is 0.448. The number of benzene rings is 2. The third kappa shape index (κ3) is 4.60. The van der Waals surface area contributed by atoms with E-state index in [1.165, 1.54) is 18.9 Å². The van der Waals surface area contributed by atoms with Crippen LogP contribution in [0.15, 0.2) is 47.6 Å². The minimum atomic E-state index is -0.416. The lowest BCUT2D eigenvalue weighted by Gasteiger charge is -2.10. The second-order valence-electron chi connectivity index (χ2n) is 6.51. The van der Waals surface area contributed by atoms with Gasteiger partial charge in [-0.1, -0.05) is 18.2 Å². The molecule has 0 aliphatic heterocycles. The molecule has 0 fully saturated rings. The van der Waals surface area contributed by atoms with Crippen LogP contribution in [0.3, 0.4) is 0 Å². The van der Waals surface area contributed by atoms with Crippen LogP contribution < -0.4 is 20.2 Å². The van der Waals surface area contributed by atoms with Crippen molar-refractivity contribution in [2.45, 2.75) is 13.8 Å². The molecule has 0 bridgehead atoms. The maximum atomic E-state index is 12.3. The average molecular weight is 426 g/mol. The van der Waals surface area contributed by atoms with E-state index in [1.807, 2.05) is 32.0 Å². The van der Waals surface area contributed by atoms with E-state index < -0.39 is 11.8 Å². The maximum absolute atomic E-state index is 12.3. The highest BCUT2D eigenvalue weighted by Crippen LogP contribution is 2.31. The van der Waals surface area contributed by atoms with Crippen LogP contribution in [-0.4, -0.2) is 38.3 Å². The molecule has 30 heavy (non-hydrogen) atoms. The predicted molar refractivity (Wildman–Crippen MR) is 119 cm³/mol. The molecule has 1 heterocycles. The molecule has 2 aromatic carbocycles. The molecule has 8 heteroatoms. The van der Waals surface area contributed by atoms with E-state index in [2.05, 4.69) is 21.9 Å². The molecule has 2 amide bonds. The topological polar surface area (TPSA) is 89.0 Å². The molecular weight excluding hydrogens is 402 g/mol. The molecule has 0 atom stereocenters. The van der Waals surface area contributed by atoms with Crippen molar-refractivity contribution in [1.82, 2.24) is 10.7 Å². The fourth-order valence-electron chi connectivity index (χ4n) is 3.10. The Morgan fingerprint density at radius 1 is 1.07 bits per heavy atom. The molecule has 0 unspecified atom stereocenters. The van der Waals surface area contributed by atoms with Crippen LogP contribution in [0.5, 0.6) is 11.5 Å². The van der Waals surface area contributed by atoms with E-state index in [9.17, 15) is 9.59 Å². The zero-order valence-electron chi connectivity index (χ0n) is 17.2. The summed E-state index contributed by atoms with van der Waals surface area (Å²) in [6.07, 6.45) is 0. The average Bonchev–Trinajstić information content (AvgIpc) is 3.10. The second-order valence-corrected chi connectivity index (χ2v) is 7.77. The number of methoxy groups -OCH3 is 2. The smallest absolute Gasteiger partial charge is 0.259 e. The molecule has 0 saturated heterocycles. The Bertz CT molecular complexity index is 1120. The van der Waals surface area contributed by atoms with E-state index in [4.69, 9.17) is 9.47 Å². The van der Waals surface area contributed by atoms with Crippen molar-refractivity contribution in [3.63, 3.8) is 0 Å². The van der Waals surface area contributed by atoms with Crippen LogP contribution >= 0.6 is 11.3 Å². The fraction of sp³-hybridized carbons (Fsp3) is 0.227. The van der Waals surface area contributed by atoms with Gasteiger partial charge in [0.2, 0.25) is 0 Å². The Kier molecular flexibility index (Phi) is 6.68. The van der Waals surface area contributed by atoms with Gasteiger partial charge in [-0.3, -0.25) is 9.59 Å². The highest BCUT2D eigenvalue weighted by Gasteiger charge is 2.13. The van der Waals surface area contributed by atoms with Crippen LogP contribution in [0.2, 0.25) is 0 Å². The first-order valence-corrected chi connectivity index (χ1v) is 10.1. The van der Waals surface area contributed by atoms with Gasteiger partial charge in [0.1, 0.15) is 0 Å². The molecule has 2 N–H and O–H groups in total. The lowest BCUT2D eigenvalue weighted by Crippen LogP contribution is -2.35. The number of nitrogens with zero attached hydrogens (tertiary/aromatic N) is 1. The van der Waals surface area contributed by atoms with E-state index in [-0.39, 0.29) is 6.54 Å². The lowest BCUT2D eigenvalue weighted by molar-refractivity contribution is -0.120. The molecule has 0 saturated carbocycles. The van der Waals surface area contributed by atoms with Gasteiger partial charge in [-0.2, -0.15) is 5.10 Å². The third-order valence-corrected chi connectivity index (χ3v) is 5.62. The summed E-state index contributed by atoms with van der Waals surface area (Å²) in [7, 11) is 3.01. The van der Waals surface area contributed by atoms with Crippen LogP contribution in [0.1, 0.15) is 27.7 Å². The molecule has 0 aliphatic rings. The van der Waals surface area contributed by atoms with Crippen molar-refractivity contribution in [1.29, 1.82) is 0 Å². The summed E-state index contributed by atoms with van der Waals surface area (Å²) in [5, 5.41) is 7.90. The van der Waals surface area contributed by atoms with Gasteiger partial charge in [0.25, 0.3) is 11.8 Å². The minimum Gasteiger partial charge on any atom is -0.493 e. The van der Waals surface area contributed by atoms with Crippen LogP contribution in [0.25, 0.3) is 10.1 Å². The monoisotopic (exact) mass is 425 g/mol. The van der Waals surface area contributed by atoms with Crippen molar-refractivity contribution < 1.29 is 19.1 Å². The van der Waals surface area contributed by atoms with Crippen molar-refractivity contribution in [3.8, 4) is 11.5 Å². The SMILES string of the molecule is COc1ccc(C(=O)NCC(=O)N/N=C(\C)c2c(C)sc3ccccc23)cc1OC. The first-order chi connectivity index (χ1) is 14.4. The summed E-state index contributed by atoms with van der Waals surface area (Å²) >= 11 is 1.69. The Morgan fingerprint density at radius 2 is 1.80 bits per heavy atom. The van der Waals surface area contributed by atoms with Gasteiger partial charge >= 0.3 is 0 Å². The number of amides is 2. The summed E-state index contributed by atoms with van der Waals surface area (Å²) < 4.78 is 11.5. The Labute approximate surface area is 178 Å². The molecular formula is C22H23N3O4S. The van der Waals surface area contributed by atoms with Gasteiger partial charge < -0.3 is 14.8 Å². The molecule has 3 aromatic rings. The normalized spacial score (nSPS) is 11.3. The summed E-state index contributed by atoms with van der Waals surface area (Å²) in [6, 6.07) is 12.9. The van der Waals surface area contributed by atoms with Crippen molar-refractivity contribution in [2.75, 3.05) is 20.8 Å². The van der Waals surface area contributed by atoms with E-state index >= 15 is 0 Å². The molecule has 156 valence electrons. The number of thiophene rings is 1. The standard InChI is InChI=1S/C22H23N3O4S/c1-13(21-14(2)30-19-8-6-5-7-16(19)21)24-25-20(26)12-23-22(27)15-9-10-17(28-3)18(11-15)29-4/h5-11H,12H2,1-4H3,(H,23,27)(H,25,26)/b24-13+. The molecule has 1 aromatic heterocycles. The highest BCUT2D eigenvalue weighted by molar-refractivity contribution is 7.19. The second kappa shape index (κ2) is 9.41. The van der Waals surface area contributed by atoms with Crippen molar-refractivity contribution >= 4 is 38.9 Å². The zero-order valence-corrected chi connectivity index (χ0v) is 18.1. The van der Waals surface area contributed by atoms with E-state index in [0.29, 0.717) is 22.8 Å². The summed E-state index contributed by atoms with van der Waals surface area (Å²) in [5.41, 5.74) is 4.60. The number of hydrazone groups is 1. The van der Waals surface area contributed by atoms with Crippen LogP contribution in [0, 0.1) is 6.92 Å². The van der Waals surface area contributed by atoms with Crippen molar-refractivity contribution in [3.05, 3.63) is 58.5 Å². The number of hydrogen-bond donors (Lipinski definition) is 2. The third-order valence-electron chi connectivity index (χ3n) is 4.54. The number of rotatable bonds is 7. The lowest BCUT2D eigenvalue weighted by atomic mass is 10.1. The van der Waals surface area contributed by atoms with Crippen LogP contribution in [-0.2, 0) is 4.79 Å². The van der Waals surface area contributed by atoms with Gasteiger partial charge in [0, 0.05) is 26.1 Å². The number of ether oxygens (including phenoxy) is 2. The molecule has 0 spiro atoms. The molecule has 0 radical (unpaired) electrons. The number of carbonyl (C=O) groups excluding carboxylic acids is 2. The maximum Gasteiger partial charge on any atom is 0.259 e. The van der Waals surface area contributed by atoms with E-state index in [1.54, 1.807) is 29.5 Å². The Hall–Kier alpha value is -3.39. The molecule has 0 aliphatic carbocycles. The molecule has 3 rings (SSSR count). The zero-order chi connectivity index (χ0) is 21.7. The van der Waals surface area contributed by atoms with Gasteiger partial charge in [-0.05, 0) is 38.1 Å². The fourth-order valence-corrected chi connectivity index (χ4v) is 4.22. The highest BCUT2D eigenvalue weighted by atomic mass is 32.1. The number of hydrogen-bond acceptors (Lipinski definition) is 6. The van der Waals surface area contributed by atoms with Gasteiger partial charge in [0.05, 0.1) is 26.5 Å². The minimum absolute atomic E-state index is 0.201. The van der Waals surface area contributed by atoms with Gasteiger partial charge in [0.15, 0.2) is 11.5 Å². The molecule has 7 nitrogen and oxygen atoms in total. The first-order valence-electron chi connectivity index (χ1n) is 9.26.